The van der Waals surface area contributed by atoms with Crippen molar-refractivity contribution in [2.75, 3.05) is 39.0 Å². The van der Waals surface area contributed by atoms with Gasteiger partial charge in [-0.25, -0.2) is 4.79 Å². The largest absolute Gasteiger partial charge is 0.376 e. The van der Waals surface area contributed by atoms with Gasteiger partial charge in [0, 0.05) is 31.1 Å². The highest BCUT2D eigenvalue weighted by atomic mass is 32.2. The minimum absolute atomic E-state index is 0.0585. The first-order valence-corrected chi connectivity index (χ1v) is 10.9. The smallest absolute Gasteiger partial charge is 0.314 e. The molecule has 3 rings (SSSR count). The van der Waals surface area contributed by atoms with E-state index in [1.807, 2.05) is 11.8 Å². The predicted octanol–water partition coefficient (Wildman–Crippen LogP) is 3.10. The van der Waals surface area contributed by atoms with E-state index < -0.39 is 0 Å². The maximum absolute atomic E-state index is 11.9. The summed E-state index contributed by atoms with van der Waals surface area (Å²) in [4.78, 5) is 15.8. The van der Waals surface area contributed by atoms with E-state index in [1.165, 1.54) is 10.5 Å². The molecule has 1 aromatic rings. The first-order valence-electron chi connectivity index (χ1n) is 9.72. The standard InChI is InChI=1S/C20H31N3O2S/c1-26-19-7-3-2-5-17(19)15-23-10-8-16(9-11-23)13-21-20(24)22-14-18-6-4-12-25-18/h2-3,5,7,16,18H,4,6,8-15H2,1H3,(H2,21,22,24)/t18-/m1/s1. The number of carbonyl (C=O) groups excluding carboxylic acids is 1. The number of piperidine rings is 1. The van der Waals surface area contributed by atoms with Crippen molar-refractivity contribution in [1.29, 1.82) is 0 Å². The van der Waals surface area contributed by atoms with Crippen molar-refractivity contribution in [3.63, 3.8) is 0 Å². The third-order valence-electron chi connectivity index (χ3n) is 5.36. The van der Waals surface area contributed by atoms with Crippen molar-refractivity contribution in [3.05, 3.63) is 29.8 Å². The lowest BCUT2D eigenvalue weighted by molar-refractivity contribution is 0.111. The molecule has 144 valence electrons. The third kappa shape index (κ3) is 5.89. The van der Waals surface area contributed by atoms with Gasteiger partial charge in [0.1, 0.15) is 0 Å². The fraction of sp³-hybridized carbons (Fsp3) is 0.650. The molecular weight excluding hydrogens is 346 g/mol. The van der Waals surface area contributed by atoms with Crippen LogP contribution in [-0.2, 0) is 11.3 Å². The first-order chi connectivity index (χ1) is 12.7. The van der Waals surface area contributed by atoms with Crippen molar-refractivity contribution in [1.82, 2.24) is 15.5 Å². The van der Waals surface area contributed by atoms with Crippen LogP contribution in [0.2, 0.25) is 0 Å². The van der Waals surface area contributed by atoms with Gasteiger partial charge in [-0.05, 0) is 62.6 Å². The molecule has 2 aliphatic heterocycles. The van der Waals surface area contributed by atoms with E-state index in [-0.39, 0.29) is 12.1 Å². The number of likely N-dealkylation sites (tertiary alicyclic amines) is 1. The molecule has 0 saturated carbocycles. The quantitative estimate of drug-likeness (QED) is 0.717. The summed E-state index contributed by atoms with van der Waals surface area (Å²) in [5.41, 5.74) is 1.42. The molecule has 1 aromatic carbocycles. The number of nitrogens with zero attached hydrogens (tertiary/aromatic N) is 1. The average molecular weight is 378 g/mol. The molecule has 2 amide bonds. The van der Waals surface area contributed by atoms with Gasteiger partial charge < -0.3 is 15.4 Å². The summed E-state index contributed by atoms with van der Waals surface area (Å²) in [6, 6.07) is 8.61. The molecular formula is C20H31N3O2S. The Bertz CT molecular complexity index is 570. The van der Waals surface area contributed by atoms with E-state index >= 15 is 0 Å². The zero-order valence-electron chi connectivity index (χ0n) is 15.7. The van der Waals surface area contributed by atoms with E-state index in [1.54, 1.807) is 0 Å². The van der Waals surface area contributed by atoms with Crippen LogP contribution in [0.3, 0.4) is 0 Å². The summed E-state index contributed by atoms with van der Waals surface area (Å²) in [6.07, 6.45) is 6.79. The molecule has 6 heteroatoms. The van der Waals surface area contributed by atoms with Gasteiger partial charge in [-0.1, -0.05) is 18.2 Å². The van der Waals surface area contributed by atoms with Crippen LogP contribution in [0.5, 0.6) is 0 Å². The lowest BCUT2D eigenvalue weighted by Crippen LogP contribution is -2.43. The predicted molar refractivity (Wildman–Crippen MR) is 107 cm³/mol. The fourth-order valence-corrected chi connectivity index (χ4v) is 4.34. The molecule has 2 N–H and O–H groups in total. The van der Waals surface area contributed by atoms with Gasteiger partial charge in [0.2, 0.25) is 0 Å². The van der Waals surface area contributed by atoms with Crippen LogP contribution >= 0.6 is 11.8 Å². The number of amides is 2. The molecule has 0 aromatic heterocycles. The monoisotopic (exact) mass is 377 g/mol. The molecule has 0 aliphatic carbocycles. The highest BCUT2D eigenvalue weighted by molar-refractivity contribution is 7.98. The number of thioether (sulfide) groups is 1. The number of carbonyl (C=O) groups is 1. The third-order valence-corrected chi connectivity index (χ3v) is 6.20. The van der Waals surface area contributed by atoms with Crippen LogP contribution in [0.25, 0.3) is 0 Å². The van der Waals surface area contributed by atoms with Gasteiger partial charge in [0.25, 0.3) is 0 Å². The van der Waals surface area contributed by atoms with Crippen LogP contribution in [0.1, 0.15) is 31.2 Å². The average Bonchev–Trinajstić information content (AvgIpc) is 3.20. The van der Waals surface area contributed by atoms with Gasteiger partial charge in [0.05, 0.1) is 6.10 Å². The number of rotatable bonds is 7. The Morgan fingerprint density at radius 1 is 1.19 bits per heavy atom. The Kier molecular flexibility index (Phi) is 7.65. The Morgan fingerprint density at radius 2 is 1.96 bits per heavy atom. The number of urea groups is 1. The molecule has 1 atom stereocenters. The molecule has 2 aliphatic rings. The highest BCUT2D eigenvalue weighted by Gasteiger charge is 2.21. The van der Waals surface area contributed by atoms with Gasteiger partial charge in [-0.3, -0.25) is 4.90 Å². The van der Waals surface area contributed by atoms with Crippen molar-refractivity contribution in [3.8, 4) is 0 Å². The molecule has 2 saturated heterocycles. The number of hydrogen-bond acceptors (Lipinski definition) is 4. The van der Waals surface area contributed by atoms with Crippen LogP contribution in [0, 0.1) is 5.92 Å². The summed E-state index contributed by atoms with van der Waals surface area (Å²) in [7, 11) is 0. The van der Waals surface area contributed by atoms with Crippen LogP contribution in [0.15, 0.2) is 29.2 Å². The lowest BCUT2D eigenvalue weighted by atomic mass is 9.96. The van der Waals surface area contributed by atoms with Crippen molar-refractivity contribution < 1.29 is 9.53 Å². The van der Waals surface area contributed by atoms with Crippen LogP contribution in [-0.4, -0.2) is 56.1 Å². The minimum atomic E-state index is -0.0585. The van der Waals surface area contributed by atoms with Gasteiger partial charge in [-0.15, -0.1) is 11.8 Å². The molecule has 2 heterocycles. The Hall–Kier alpha value is -1.24. The molecule has 26 heavy (non-hydrogen) atoms. The second-order valence-corrected chi connectivity index (χ2v) is 8.11. The normalized spacial score (nSPS) is 21.7. The highest BCUT2D eigenvalue weighted by Crippen LogP contribution is 2.24. The summed E-state index contributed by atoms with van der Waals surface area (Å²) < 4.78 is 5.53. The molecule has 0 unspecified atom stereocenters. The van der Waals surface area contributed by atoms with Crippen molar-refractivity contribution in [2.45, 2.75) is 43.2 Å². The molecule has 0 radical (unpaired) electrons. The zero-order chi connectivity index (χ0) is 18.2. The van der Waals surface area contributed by atoms with Crippen LogP contribution in [0.4, 0.5) is 4.79 Å². The Labute approximate surface area is 161 Å². The lowest BCUT2D eigenvalue weighted by Gasteiger charge is -2.32. The van der Waals surface area contributed by atoms with E-state index in [9.17, 15) is 4.79 Å². The van der Waals surface area contributed by atoms with Crippen LogP contribution < -0.4 is 10.6 Å². The van der Waals surface area contributed by atoms with Gasteiger partial charge in [0.15, 0.2) is 0 Å². The minimum Gasteiger partial charge on any atom is -0.376 e. The van der Waals surface area contributed by atoms with Gasteiger partial charge in [-0.2, -0.15) is 0 Å². The van der Waals surface area contributed by atoms with Crippen molar-refractivity contribution >= 4 is 17.8 Å². The SMILES string of the molecule is CSc1ccccc1CN1CCC(CNC(=O)NC[C@H]2CCCO2)CC1. The Balaban J connectivity index is 1.32. The maximum Gasteiger partial charge on any atom is 0.314 e. The number of nitrogens with one attached hydrogen (secondary N) is 2. The number of hydrogen-bond donors (Lipinski definition) is 2. The fourth-order valence-electron chi connectivity index (χ4n) is 3.73. The van der Waals surface area contributed by atoms with E-state index in [0.29, 0.717) is 12.5 Å². The zero-order valence-corrected chi connectivity index (χ0v) is 16.5. The van der Waals surface area contributed by atoms with E-state index in [2.05, 4.69) is 46.1 Å². The van der Waals surface area contributed by atoms with E-state index in [0.717, 1.165) is 58.5 Å². The van der Waals surface area contributed by atoms with Gasteiger partial charge >= 0.3 is 6.03 Å². The molecule has 2 fully saturated rings. The summed E-state index contributed by atoms with van der Waals surface area (Å²) in [6.45, 7) is 5.46. The first kappa shape index (κ1) is 19.5. The molecule has 0 spiro atoms. The summed E-state index contributed by atoms with van der Waals surface area (Å²) in [5, 5.41) is 5.96. The number of ether oxygens (including phenoxy) is 1. The maximum atomic E-state index is 11.9. The summed E-state index contributed by atoms with van der Waals surface area (Å²) in [5.74, 6) is 0.579. The second kappa shape index (κ2) is 10.2. The van der Waals surface area contributed by atoms with Crippen molar-refractivity contribution in [2.24, 2.45) is 5.92 Å². The topological polar surface area (TPSA) is 53.6 Å². The Morgan fingerprint density at radius 3 is 2.69 bits per heavy atom. The number of benzene rings is 1. The molecule has 0 bridgehead atoms. The second-order valence-electron chi connectivity index (χ2n) is 7.26. The molecule has 5 nitrogen and oxygen atoms in total. The summed E-state index contributed by atoms with van der Waals surface area (Å²) >= 11 is 1.82. The van der Waals surface area contributed by atoms with E-state index in [4.69, 9.17) is 4.74 Å².